The van der Waals surface area contributed by atoms with Crippen LogP contribution in [0.5, 0.6) is 0 Å². The number of carboxylic acids is 1. The topological polar surface area (TPSA) is 74.6 Å². The van der Waals surface area contributed by atoms with Crippen molar-refractivity contribution in [3.63, 3.8) is 0 Å². The summed E-state index contributed by atoms with van der Waals surface area (Å²) in [5.74, 6) is -0.705. The van der Waals surface area contributed by atoms with E-state index in [1.807, 2.05) is 0 Å². The summed E-state index contributed by atoms with van der Waals surface area (Å²) in [6.45, 7) is 1.52. The Morgan fingerprint density at radius 2 is 1.64 bits per heavy atom. The number of aliphatic hydroxyl groups is 1. The first-order valence-corrected chi connectivity index (χ1v) is 4.91. The number of carbonyl (C=O) groups is 2. The van der Waals surface area contributed by atoms with Gasteiger partial charge in [-0.1, -0.05) is 0 Å². The maximum Gasteiger partial charge on any atom is 0.303 e. The van der Waals surface area contributed by atoms with Gasteiger partial charge in [0.05, 0.1) is 6.10 Å². The molecule has 0 saturated heterocycles. The van der Waals surface area contributed by atoms with Crippen LogP contribution in [-0.2, 0) is 9.59 Å². The van der Waals surface area contributed by atoms with Gasteiger partial charge in [-0.15, -0.1) is 0 Å². The second-order valence-corrected chi connectivity index (χ2v) is 3.53. The summed E-state index contributed by atoms with van der Waals surface area (Å²) in [6.07, 6.45) is 2.40. The van der Waals surface area contributed by atoms with Crippen LogP contribution in [0.1, 0.15) is 45.4 Å². The Labute approximate surface area is 83.9 Å². The lowest BCUT2D eigenvalue weighted by atomic mass is 10.1. The van der Waals surface area contributed by atoms with Crippen LogP contribution in [-0.4, -0.2) is 28.1 Å². The summed E-state index contributed by atoms with van der Waals surface area (Å²) < 4.78 is 0. The van der Waals surface area contributed by atoms with Crippen LogP contribution in [0, 0.1) is 0 Å². The first kappa shape index (κ1) is 13.1. The van der Waals surface area contributed by atoms with Crippen molar-refractivity contribution in [2.75, 3.05) is 0 Å². The molecule has 0 aromatic carbocycles. The van der Waals surface area contributed by atoms with Crippen molar-refractivity contribution >= 4 is 11.8 Å². The Morgan fingerprint density at radius 1 is 1.14 bits per heavy atom. The third kappa shape index (κ3) is 9.19. The van der Waals surface area contributed by atoms with Crippen molar-refractivity contribution in [1.82, 2.24) is 0 Å². The maximum atomic E-state index is 10.6. The fourth-order valence-electron chi connectivity index (χ4n) is 1.22. The molecule has 0 fully saturated rings. The Hall–Kier alpha value is -0.900. The molecule has 0 aliphatic rings. The quantitative estimate of drug-likeness (QED) is 0.623. The van der Waals surface area contributed by atoms with E-state index in [0.717, 1.165) is 0 Å². The first-order valence-electron chi connectivity index (χ1n) is 4.91. The summed E-state index contributed by atoms with van der Waals surface area (Å²) in [5.41, 5.74) is 0. The molecule has 0 aliphatic carbocycles. The number of carboxylic acid groups (broad SMARTS) is 1. The molecule has 0 bridgehead atoms. The summed E-state index contributed by atoms with van der Waals surface area (Å²) in [5, 5.41) is 17.7. The van der Waals surface area contributed by atoms with Crippen LogP contribution in [0.4, 0.5) is 0 Å². The molecular formula is C10H18O4. The zero-order chi connectivity index (χ0) is 11.0. The van der Waals surface area contributed by atoms with Crippen LogP contribution in [0.15, 0.2) is 0 Å². The highest BCUT2D eigenvalue weighted by Crippen LogP contribution is 2.08. The molecule has 2 N–H and O–H groups in total. The molecule has 4 nitrogen and oxygen atoms in total. The molecule has 0 unspecified atom stereocenters. The van der Waals surface area contributed by atoms with Crippen molar-refractivity contribution in [2.45, 2.75) is 51.6 Å². The lowest BCUT2D eigenvalue weighted by molar-refractivity contribution is -0.137. The average Bonchev–Trinajstić information content (AvgIpc) is 2.02. The Kier molecular flexibility index (Phi) is 7.02. The van der Waals surface area contributed by atoms with Crippen LogP contribution < -0.4 is 0 Å². The molecule has 1 atom stereocenters. The lowest BCUT2D eigenvalue weighted by Gasteiger charge is -2.08. The molecule has 0 aromatic heterocycles. The zero-order valence-electron chi connectivity index (χ0n) is 8.53. The van der Waals surface area contributed by atoms with Crippen LogP contribution in [0.3, 0.4) is 0 Å². The van der Waals surface area contributed by atoms with Gasteiger partial charge in [-0.3, -0.25) is 4.79 Å². The fourth-order valence-corrected chi connectivity index (χ4v) is 1.22. The molecule has 0 aliphatic heterocycles. The van der Waals surface area contributed by atoms with Crippen LogP contribution >= 0.6 is 0 Å². The van der Waals surface area contributed by atoms with Gasteiger partial charge in [0.1, 0.15) is 5.78 Å². The van der Waals surface area contributed by atoms with E-state index in [0.29, 0.717) is 32.1 Å². The van der Waals surface area contributed by atoms with E-state index in [9.17, 15) is 14.7 Å². The highest BCUT2D eigenvalue weighted by atomic mass is 16.4. The highest BCUT2D eigenvalue weighted by Gasteiger charge is 2.06. The van der Waals surface area contributed by atoms with Gasteiger partial charge in [0, 0.05) is 12.8 Å². The first-order chi connectivity index (χ1) is 6.52. The Balaban J connectivity index is 3.32. The normalized spacial score (nSPS) is 12.4. The van der Waals surface area contributed by atoms with E-state index in [-0.39, 0.29) is 12.2 Å². The van der Waals surface area contributed by atoms with Gasteiger partial charge in [0.2, 0.25) is 0 Å². The fraction of sp³-hybridized carbons (Fsp3) is 0.800. The molecule has 0 saturated carbocycles. The Morgan fingerprint density at radius 3 is 2.07 bits per heavy atom. The van der Waals surface area contributed by atoms with Crippen molar-refractivity contribution in [3.05, 3.63) is 0 Å². The van der Waals surface area contributed by atoms with E-state index in [1.165, 1.54) is 6.92 Å². The number of rotatable bonds is 8. The molecule has 0 rings (SSSR count). The van der Waals surface area contributed by atoms with E-state index in [2.05, 4.69) is 0 Å². The van der Waals surface area contributed by atoms with Gasteiger partial charge < -0.3 is 15.0 Å². The van der Waals surface area contributed by atoms with Crippen molar-refractivity contribution in [1.29, 1.82) is 0 Å². The minimum atomic E-state index is -0.832. The standard InChI is InChI=1S/C10H18O4/c1-8(11)4-2-5-9(12)6-3-7-10(13)14/h9,12H,2-7H2,1H3,(H,13,14)/t9-/m0/s1. The molecule has 82 valence electrons. The minimum Gasteiger partial charge on any atom is -0.481 e. The van der Waals surface area contributed by atoms with Crippen molar-refractivity contribution < 1.29 is 19.8 Å². The second kappa shape index (κ2) is 7.50. The summed E-state index contributed by atoms with van der Waals surface area (Å²) >= 11 is 0. The van der Waals surface area contributed by atoms with Crippen molar-refractivity contribution in [2.24, 2.45) is 0 Å². The number of hydrogen-bond acceptors (Lipinski definition) is 3. The summed E-state index contributed by atoms with van der Waals surface area (Å²) in [6, 6.07) is 0. The summed E-state index contributed by atoms with van der Waals surface area (Å²) in [7, 11) is 0. The van der Waals surface area contributed by atoms with Gasteiger partial charge >= 0.3 is 5.97 Å². The van der Waals surface area contributed by atoms with Gasteiger partial charge in [-0.05, 0) is 32.6 Å². The van der Waals surface area contributed by atoms with Gasteiger partial charge in [-0.25, -0.2) is 0 Å². The molecule has 4 heteroatoms. The van der Waals surface area contributed by atoms with E-state index >= 15 is 0 Å². The van der Waals surface area contributed by atoms with Gasteiger partial charge in [-0.2, -0.15) is 0 Å². The van der Waals surface area contributed by atoms with Gasteiger partial charge in [0.25, 0.3) is 0 Å². The molecule has 0 radical (unpaired) electrons. The molecule has 0 spiro atoms. The number of Topliss-reactive ketones (excluding diaryl/α,β-unsaturated/α-hetero) is 1. The predicted octanol–water partition coefficient (Wildman–Crippen LogP) is 1.36. The predicted molar refractivity (Wildman–Crippen MR) is 52.0 cm³/mol. The maximum absolute atomic E-state index is 10.6. The lowest BCUT2D eigenvalue weighted by Crippen LogP contribution is -2.08. The largest absolute Gasteiger partial charge is 0.481 e. The molecular weight excluding hydrogens is 184 g/mol. The number of hydrogen-bond donors (Lipinski definition) is 2. The number of ketones is 1. The molecule has 0 amide bonds. The molecule has 14 heavy (non-hydrogen) atoms. The molecule has 0 heterocycles. The third-order valence-corrected chi connectivity index (χ3v) is 1.99. The second-order valence-electron chi connectivity index (χ2n) is 3.53. The number of aliphatic carboxylic acids is 1. The number of carbonyl (C=O) groups excluding carboxylic acids is 1. The molecule has 0 aromatic rings. The smallest absolute Gasteiger partial charge is 0.303 e. The van der Waals surface area contributed by atoms with Crippen LogP contribution in [0.2, 0.25) is 0 Å². The minimum absolute atomic E-state index is 0.101. The Bertz CT molecular complexity index is 169. The summed E-state index contributed by atoms with van der Waals surface area (Å²) in [4.78, 5) is 20.7. The van der Waals surface area contributed by atoms with E-state index < -0.39 is 12.1 Å². The zero-order valence-corrected chi connectivity index (χ0v) is 8.53. The monoisotopic (exact) mass is 202 g/mol. The van der Waals surface area contributed by atoms with E-state index in [4.69, 9.17) is 5.11 Å². The van der Waals surface area contributed by atoms with E-state index in [1.54, 1.807) is 0 Å². The average molecular weight is 202 g/mol. The SMILES string of the molecule is CC(=O)CCC[C@H](O)CCCC(=O)O. The highest BCUT2D eigenvalue weighted by molar-refractivity contribution is 5.75. The van der Waals surface area contributed by atoms with Gasteiger partial charge in [0.15, 0.2) is 0 Å². The van der Waals surface area contributed by atoms with Crippen LogP contribution in [0.25, 0.3) is 0 Å². The number of aliphatic hydroxyl groups excluding tert-OH is 1. The third-order valence-electron chi connectivity index (χ3n) is 1.99. The van der Waals surface area contributed by atoms with Crippen molar-refractivity contribution in [3.8, 4) is 0 Å².